The van der Waals surface area contributed by atoms with Crippen molar-refractivity contribution in [1.29, 1.82) is 0 Å². The molecule has 0 fully saturated rings. The van der Waals surface area contributed by atoms with Crippen molar-refractivity contribution in [3.8, 4) is 0 Å². The van der Waals surface area contributed by atoms with Crippen LogP contribution in [-0.2, 0) is 0 Å². The fourth-order valence-corrected chi connectivity index (χ4v) is 3.00. The molecule has 0 radical (unpaired) electrons. The summed E-state index contributed by atoms with van der Waals surface area (Å²) in [6.45, 7) is 10.8. The quantitative estimate of drug-likeness (QED) is 0.379. The predicted molar refractivity (Wildman–Crippen MR) is 100.0 cm³/mol. The van der Waals surface area contributed by atoms with E-state index < -0.39 is 0 Å². The average Bonchev–Trinajstić information content (AvgIpc) is 2.55. The van der Waals surface area contributed by atoms with E-state index in [1.807, 2.05) is 0 Å². The Hall–Kier alpha value is -0.160. The molecule has 0 aliphatic carbocycles. The van der Waals surface area contributed by atoms with Gasteiger partial charge in [-0.15, -0.1) is 0 Å². The lowest BCUT2D eigenvalue weighted by Crippen LogP contribution is -2.34. The van der Waals surface area contributed by atoms with Crippen LogP contribution in [0.5, 0.6) is 0 Å². The Balaban J connectivity index is 3.99. The van der Waals surface area contributed by atoms with Gasteiger partial charge >= 0.3 is 0 Å². The van der Waals surface area contributed by atoms with Gasteiger partial charge in [-0.3, -0.25) is 4.90 Å². The number of aliphatic hydroxyl groups is 2. The maximum atomic E-state index is 9.07. The third kappa shape index (κ3) is 15.1. The normalized spacial score (nSPS) is 11.7. The summed E-state index contributed by atoms with van der Waals surface area (Å²) < 4.78 is 0. The molecule has 0 aliphatic heterocycles. The van der Waals surface area contributed by atoms with Crippen LogP contribution >= 0.6 is 0 Å². The van der Waals surface area contributed by atoms with Crippen LogP contribution in [0.25, 0.3) is 0 Å². The lowest BCUT2D eigenvalue weighted by atomic mass is 10.1. The van der Waals surface area contributed by atoms with Crippen LogP contribution in [0.1, 0.15) is 71.6 Å². The van der Waals surface area contributed by atoms with Crippen LogP contribution in [0.3, 0.4) is 0 Å². The second-order valence-electron chi connectivity index (χ2n) is 6.61. The minimum Gasteiger partial charge on any atom is -0.395 e. The number of unbranched alkanes of at least 4 members (excludes halogenated alkanes) is 6. The minimum absolute atomic E-state index is 0.178. The Bertz CT molecular complexity index is 209. The number of hydrogen-bond donors (Lipinski definition) is 2. The molecule has 0 heterocycles. The SMILES string of the molecule is CCCCCCN(CCCCCC)CCCN(CCO)CCO. The summed E-state index contributed by atoms with van der Waals surface area (Å²) in [5.41, 5.74) is 0. The summed E-state index contributed by atoms with van der Waals surface area (Å²) in [7, 11) is 0. The maximum absolute atomic E-state index is 9.07. The molecule has 0 aromatic heterocycles. The van der Waals surface area contributed by atoms with Crippen molar-refractivity contribution in [3.63, 3.8) is 0 Å². The van der Waals surface area contributed by atoms with E-state index >= 15 is 0 Å². The lowest BCUT2D eigenvalue weighted by molar-refractivity contribution is 0.152. The van der Waals surface area contributed by atoms with Gasteiger partial charge in [-0.1, -0.05) is 52.4 Å². The maximum Gasteiger partial charge on any atom is 0.0558 e. The molecule has 4 nitrogen and oxygen atoms in total. The first-order valence-corrected chi connectivity index (χ1v) is 9.94. The number of rotatable bonds is 18. The predicted octanol–water partition coefficient (Wildman–Crippen LogP) is 3.13. The van der Waals surface area contributed by atoms with E-state index in [9.17, 15) is 0 Å². The highest BCUT2D eigenvalue weighted by molar-refractivity contribution is 4.63. The molecule has 0 atom stereocenters. The molecule has 140 valence electrons. The Labute approximate surface area is 144 Å². The molecule has 23 heavy (non-hydrogen) atoms. The van der Waals surface area contributed by atoms with Gasteiger partial charge < -0.3 is 15.1 Å². The summed E-state index contributed by atoms with van der Waals surface area (Å²) in [5, 5.41) is 18.1. The third-order valence-corrected chi connectivity index (χ3v) is 4.44. The molecule has 0 unspecified atom stereocenters. The zero-order valence-corrected chi connectivity index (χ0v) is 15.8. The summed E-state index contributed by atoms with van der Waals surface area (Å²) in [6.07, 6.45) is 11.8. The molecule has 0 amide bonds. The third-order valence-electron chi connectivity index (χ3n) is 4.44. The topological polar surface area (TPSA) is 46.9 Å². The Morgan fingerprint density at radius 2 is 0.870 bits per heavy atom. The van der Waals surface area contributed by atoms with Crippen LogP contribution in [0.2, 0.25) is 0 Å². The molecular formula is C19H42N2O2. The first kappa shape index (κ1) is 22.8. The molecule has 0 spiro atoms. The summed E-state index contributed by atoms with van der Waals surface area (Å²) in [5.74, 6) is 0. The van der Waals surface area contributed by atoms with E-state index in [0.29, 0.717) is 13.1 Å². The number of hydrogen-bond acceptors (Lipinski definition) is 4. The van der Waals surface area contributed by atoms with Gasteiger partial charge in [0, 0.05) is 13.1 Å². The van der Waals surface area contributed by atoms with Crippen LogP contribution in [0.15, 0.2) is 0 Å². The average molecular weight is 331 g/mol. The van der Waals surface area contributed by atoms with Gasteiger partial charge in [0.2, 0.25) is 0 Å². The van der Waals surface area contributed by atoms with Gasteiger partial charge in [-0.25, -0.2) is 0 Å². The molecule has 0 rings (SSSR count). The standard InChI is InChI=1S/C19H42N2O2/c1-3-5-7-9-12-20(13-10-8-6-4-2)14-11-15-21(16-18-22)17-19-23/h22-23H,3-19H2,1-2H3. The highest BCUT2D eigenvalue weighted by atomic mass is 16.3. The van der Waals surface area contributed by atoms with Gasteiger partial charge in [0.1, 0.15) is 0 Å². The van der Waals surface area contributed by atoms with E-state index in [1.54, 1.807) is 0 Å². The van der Waals surface area contributed by atoms with E-state index in [4.69, 9.17) is 10.2 Å². The summed E-state index contributed by atoms with van der Waals surface area (Å²) >= 11 is 0. The van der Waals surface area contributed by atoms with Crippen molar-refractivity contribution < 1.29 is 10.2 Å². The highest BCUT2D eigenvalue weighted by Gasteiger charge is 2.07. The van der Waals surface area contributed by atoms with Gasteiger partial charge in [0.25, 0.3) is 0 Å². The van der Waals surface area contributed by atoms with Crippen LogP contribution < -0.4 is 0 Å². The van der Waals surface area contributed by atoms with Crippen molar-refractivity contribution in [2.75, 3.05) is 52.5 Å². The van der Waals surface area contributed by atoms with Gasteiger partial charge in [-0.2, -0.15) is 0 Å². The van der Waals surface area contributed by atoms with Crippen molar-refractivity contribution in [2.24, 2.45) is 0 Å². The summed E-state index contributed by atoms with van der Waals surface area (Å²) in [4.78, 5) is 4.79. The van der Waals surface area contributed by atoms with Gasteiger partial charge in [0.15, 0.2) is 0 Å². The molecule has 0 saturated carbocycles. The first-order chi connectivity index (χ1) is 11.3. The fraction of sp³-hybridized carbons (Fsp3) is 1.00. The highest BCUT2D eigenvalue weighted by Crippen LogP contribution is 2.06. The van der Waals surface area contributed by atoms with Gasteiger partial charge in [0.05, 0.1) is 13.2 Å². The lowest BCUT2D eigenvalue weighted by Gasteiger charge is -2.25. The van der Waals surface area contributed by atoms with Gasteiger partial charge in [-0.05, 0) is 45.4 Å². The number of aliphatic hydroxyl groups excluding tert-OH is 2. The van der Waals surface area contributed by atoms with E-state index in [-0.39, 0.29) is 13.2 Å². The Morgan fingerprint density at radius 1 is 0.478 bits per heavy atom. The molecule has 0 aromatic rings. The number of nitrogens with zero attached hydrogens (tertiary/aromatic N) is 2. The largest absolute Gasteiger partial charge is 0.395 e. The minimum atomic E-state index is 0.178. The molecule has 4 heteroatoms. The second kappa shape index (κ2) is 18.2. The van der Waals surface area contributed by atoms with E-state index in [0.717, 1.165) is 19.5 Å². The van der Waals surface area contributed by atoms with E-state index in [2.05, 4.69) is 23.6 Å². The van der Waals surface area contributed by atoms with Crippen molar-refractivity contribution in [3.05, 3.63) is 0 Å². The molecular weight excluding hydrogens is 288 g/mol. The molecule has 0 bridgehead atoms. The van der Waals surface area contributed by atoms with Crippen LogP contribution in [0, 0.1) is 0 Å². The Morgan fingerprint density at radius 3 is 1.26 bits per heavy atom. The van der Waals surface area contributed by atoms with Crippen molar-refractivity contribution >= 4 is 0 Å². The van der Waals surface area contributed by atoms with Crippen LogP contribution in [-0.4, -0.2) is 72.5 Å². The zero-order valence-electron chi connectivity index (χ0n) is 15.8. The van der Waals surface area contributed by atoms with Crippen molar-refractivity contribution in [2.45, 2.75) is 71.6 Å². The molecule has 0 aliphatic rings. The summed E-state index contributed by atoms with van der Waals surface area (Å²) in [6, 6.07) is 0. The van der Waals surface area contributed by atoms with E-state index in [1.165, 1.54) is 64.5 Å². The first-order valence-electron chi connectivity index (χ1n) is 9.94. The monoisotopic (exact) mass is 330 g/mol. The second-order valence-corrected chi connectivity index (χ2v) is 6.61. The molecule has 2 N–H and O–H groups in total. The smallest absolute Gasteiger partial charge is 0.0558 e. The van der Waals surface area contributed by atoms with Crippen LogP contribution in [0.4, 0.5) is 0 Å². The Kier molecular flexibility index (Phi) is 18.1. The zero-order chi connectivity index (χ0) is 17.2. The molecule has 0 aromatic carbocycles. The van der Waals surface area contributed by atoms with Crippen molar-refractivity contribution in [1.82, 2.24) is 9.80 Å². The molecule has 0 saturated heterocycles. The fourth-order valence-electron chi connectivity index (χ4n) is 3.00.